The van der Waals surface area contributed by atoms with Gasteiger partial charge in [0.2, 0.25) is 0 Å². The third kappa shape index (κ3) is 538. The van der Waals surface area contributed by atoms with Crippen molar-refractivity contribution in [2.75, 3.05) is 0 Å². The topological polar surface area (TPSA) is 230 Å². The van der Waals surface area contributed by atoms with Gasteiger partial charge < -0.3 is 40.9 Å². The Balaban J connectivity index is -0.000000000659. The van der Waals surface area contributed by atoms with E-state index in [1.165, 1.54) is 0 Å². The molecule has 0 fully saturated rings. The zero-order chi connectivity index (χ0) is 14.3. The van der Waals surface area contributed by atoms with Gasteiger partial charge in [0, 0.05) is 0 Å². The Kier molecular flexibility index (Phi) is 1860. The molecule has 0 amide bonds. The van der Waals surface area contributed by atoms with Crippen molar-refractivity contribution < 1.29 is 60.0 Å². The van der Waals surface area contributed by atoms with Gasteiger partial charge in [-0.05, 0) is 0 Å². The number of rotatable bonds is 0. The zero-order valence-electron chi connectivity index (χ0n) is 7.21. The first-order chi connectivity index (χ1) is 6.93. The van der Waals surface area contributed by atoms with Gasteiger partial charge in [0.15, 0.2) is 0 Å². The van der Waals surface area contributed by atoms with Crippen molar-refractivity contribution in [3.8, 4) is 0 Å². The van der Waals surface area contributed by atoms with Crippen LogP contribution < -0.4 is 0 Å². The summed E-state index contributed by atoms with van der Waals surface area (Å²) >= 11 is 0. The first-order valence-electron chi connectivity index (χ1n) is 2.61. The molecule has 0 aromatic carbocycles. The van der Waals surface area contributed by atoms with E-state index in [-0.39, 0.29) is 1180 Å². The molecule has 0 aliphatic rings. The van der Waals surface area contributed by atoms with Crippen molar-refractivity contribution in [2.45, 2.75) is 0 Å². The van der Waals surface area contributed by atoms with Crippen molar-refractivity contribution in [3.63, 3.8) is 0 Å². The molecule has 0 atom stereocenters. The van der Waals surface area contributed by atoms with E-state index in [1.54, 1.807) is 0 Å². The molecule has 0 saturated heterocycles. The summed E-state index contributed by atoms with van der Waals surface area (Å²) in [4.78, 5) is 34.2. The molecular weight excluding hydrogens is 1160 g/mol. The quantitative estimate of drug-likeness (QED) is 0.106. The van der Waals surface area contributed by atoms with Gasteiger partial charge in [0.25, 0.3) is 0 Å². The summed E-state index contributed by atoms with van der Waals surface area (Å²) < 4.78 is 0. The Hall–Kier alpha value is 37.1. The van der Waals surface area contributed by atoms with E-state index in [2.05, 4.69) is 0 Å². The molecule has 12 nitrogen and oxygen atoms in total. The molecule has 0 saturated carbocycles. The van der Waals surface area contributed by atoms with Crippen molar-refractivity contribution in [3.05, 3.63) is 0 Å². The molecule has 0 radical (unpaired) electrons. The maximum absolute atomic E-state index is 8.56. The van der Waals surface area contributed by atoms with Crippen molar-refractivity contribution in [1.29, 1.82) is 0 Å². The molecular formula is C4H48Na40O12. The van der Waals surface area contributed by atoms with Crippen LogP contribution in [0.5, 0.6) is 0 Å². The molecule has 8 N–H and O–H groups in total. The van der Waals surface area contributed by atoms with Gasteiger partial charge in [-0.1, -0.05) is 0 Å². The van der Waals surface area contributed by atoms with Crippen LogP contribution in [0.25, 0.3) is 0 Å². The molecule has 0 rings (SSSR count). The molecule has 0 aromatic heterocycles. The first kappa shape index (κ1) is 328. The van der Waals surface area contributed by atoms with Crippen LogP contribution in [0.3, 0.4) is 0 Å². The third-order valence-corrected chi connectivity index (χ3v) is 0. The molecule has 52 heteroatoms. The summed E-state index contributed by atoms with van der Waals surface area (Å²) in [5.74, 6) is 0. The monoisotopic (exact) mass is 1210 g/mol. The molecule has 0 aliphatic carbocycles. The predicted octanol–water partition coefficient (Wildman–Crippen LogP) is -25.1. The second-order valence-electron chi connectivity index (χ2n) is 1.13. The van der Waals surface area contributed by atoms with E-state index in [1.807, 2.05) is 0 Å². The van der Waals surface area contributed by atoms with Gasteiger partial charge in [-0.15, -0.1) is 0 Å². The van der Waals surface area contributed by atoms with Crippen LogP contribution in [0.15, 0.2) is 0 Å². The van der Waals surface area contributed by atoms with Crippen LogP contribution in [0, 0.1) is 0 Å². The van der Waals surface area contributed by atoms with Crippen LogP contribution in [-0.4, -0.2) is 1250 Å². The van der Waals surface area contributed by atoms with Crippen molar-refractivity contribution >= 4 is 1210 Å². The number of carboxylic acid groups (broad SMARTS) is 8. The second kappa shape index (κ2) is 317. The fraction of sp³-hybridized carbons (Fsp3) is 0. The van der Waals surface area contributed by atoms with E-state index >= 15 is 0 Å². The van der Waals surface area contributed by atoms with Crippen LogP contribution in [-0.2, 0) is 0 Å². The average molecular weight is 1210 g/mol. The summed E-state index contributed by atoms with van der Waals surface area (Å²) in [6, 6.07) is 0. The summed E-state index contributed by atoms with van der Waals surface area (Å²) in [5, 5.41) is 55.8. The zero-order valence-corrected chi connectivity index (χ0v) is 7.21. The van der Waals surface area contributed by atoms with Gasteiger partial charge >= 0.3 is 1210 Å². The minimum absolute atomic E-state index is 0. The number of carbonyl (C=O) groups is 4. The summed E-state index contributed by atoms with van der Waals surface area (Å²) in [5.41, 5.74) is 0. The van der Waals surface area contributed by atoms with Gasteiger partial charge in [-0.3, -0.25) is 0 Å². The maximum atomic E-state index is 8.56. The first-order valence-corrected chi connectivity index (χ1v) is 2.61. The standard InChI is InChI=1S/4CH2O3.40Na.40H/c4*2-1(3)4;;;;;;;;;;;;;;;;;;;;;;;;;;;;;;;;;;;;;;;;;;;;;;;;;;;;;;;;;;;;;;;;;;;;;;;;;;;;;;;;/h4*(H2,2,3,4);;;;;;;;;;;;;;;;;;;;;;;;;;;;;;;;;;;;;;;;;;;;;;;;;;;;;;;;;;;;;;;;;;;;;;;;;;;;;;;;. The van der Waals surface area contributed by atoms with Crippen molar-refractivity contribution in [2.24, 2.45) is 0 Å². The SMILES string of the molecule is O=C(O)O.O=C(O)O.O=C(O)O.O=C(O)O.[NaH].[NaH].[NaH].[NaH].[NaH].[NaH].[NaH].[NaH].[NaH].[NaH].[NaH].[NaH].[NaH].[NaH].[NaH].[NaH].[NaH].[NaH].[NaH].[NaH].[NaH].[NaH].[NaH].[NaH].[NaH].[NaH].[NaH].[NaH].[NaH].[NaH].[NaH].[NaH].[NaH].[NaH].[NaH].[NaH].[NaH].[NaH].[NaH].[NaH]. The molecule has 0 bridgehead atoms. The minimum atomic E-state index is -1.83. The van der Waals surface area contributed by atoms with E-state index in [9.17, 15) is 0 Å². The molecule has 0 aliphatic heterocycles. The molecule has 0 heterocycles. The Morgan fingerprint density at radius 2 is 0.125 bits per heavy atom. The van der Waals surface area contributed by atoms with Crippen molar-refractivity contribution in [1.82, 2.24) is 0 Å². The predicted molar refractivity (Wildman–Crippen MR) is 329 cm³/mol. The summed E-state index contributed by atoms with van der Waals surface area (Å²) in [6.45, 7) is 0. The summed E-state index contributed by atoms with van der Waals surface area (Å²) in [7, 11) is 0. The number of hydrogen-bond donors (Lipinski definition) is 8. The number of hydrogen-bond acceptors (Lipinski definition) is 4. The molecule has 0 spiro atoms. The molecule has 176 valence electrons. The van der Waals surface area contributed by atoms with Crippen LogP contribution in [0.4, 0.5) is 19.2 Å². The molecule has 0 unspecified atom stereocenters. The molecule has 0 aromatic rings. The fourth-order valence-corrected chi connectivity index (χ4v) is 0. The average Bonchev–Trinajstić information content (AvgIpc) is 1.76. The Labute approximate surface area is 1220 Å². The van der Waals surface area contributed by atoms with Crippen LogP contribution in [0.1, 0.15) is 0 Å². The van der Waals surface area contributed by atoms with Gasteiger partial charge in [0.05, 0.1) is 0 Å². The van der Waals surface area contributed by atoms with Gasteiger partial charge in [-0.25, -0.2) is 19.2 Å². The van der Waals surface area contributed by atoms with E-state index < -0.39 is 24.6 Å². The van der Waals surface area contributed by atoms with E-state index in [4.69, 9.17) is 60.0 Å². The van der Waals surface area contributed by atoms with E-state index in [0.29, 0.717) is 0 Å². The van der Waals surface area contributed by atoms with E-state index in [0.717, 1.165) is 0 Å². The van der Waals surface area contributed by atoms with Gasteiger partial charge in [-0.2, -0.15) is 0 Å². The normalized spacial score (nSPS) is 1.71. The fourth-order valence-electron chi connectivity index (χ4n) is 0. The Morgan fingerprint density at radius 1 is 0.125 bits per heavy atom. The third-order valence-electron chi connectivity index (χ3n) is 0. The van der Waals surface area contributed by atoms with Gasteiger partial charge in [0.1, 0.15) is 0 Å². The second-order valence-corrected chi connectivity index (χ2v) is 1.13. The van der Waals surface area contributed by atoms with Crippen LogP contribution in [0.2, 0.25) is 0 Å². The summed E-state index contributed by atoms with van der Waals surface area (Å²) in [6.07, 6.45) is -7.33. The Bertz CT molecular complexity index is 201. The Morgan fingerprint density at radius 3 is 0.125 bits per heavy atom. The molecule has 56 heavy (non-hydrogen) atoms. The van der Waals surface area contributed by atoms with Crippen LogP contribution >= 0.6 is 0 Å².